The Morgan fingerprint density at radius 2 is 2.16 bits per heavy atom. The van der Waals surface area contributed by atoms with Gasteiger partial charge in [0.2, 0.25) is 0 Å². The number of ether oxygens (including phenoxy) is 1. The summed E-state index contributed by atoms with van der Waals surface area (Å²) in [7, 11) is 0. The third-order valence-electron chi connectivity index (χ3n) is 3.44. The molecule has 19 heavy (non-hydrogen) atoms. The molecule has 5 heteroatoms. The maximum atomic E-state index is 11.5. The van der Waals surface area contributed by atoms with Crippen LogP contribution in [0.1, 0.15) is 35.5 Å². The molecule has 1 aromatic rings. The van der Waals surface area contributed by atoms with Gasteiger partial charge in [-0.15, -0.1) is 0 Å². The minimum atomic E-state index is -0.928. The zero-order valence-electron chi connectivity index (χ0n) is 11.9. The Morgan fingerprint density at radius 3 is 2.74 bits per heavy atom. The van der Waals surface area contributed by atoms with Crippen LogP contribution in [0.25, 0.3) is 0 Å². The predicted octanol–water partition coefficient (Wildman–Crippen LogP) is 2.01. The highest BCUT2D eigenvalue weighted by Gasteiger charge is 2.34. The number of carboxylic acid groups (broad SMARTS) is 1. The predicted molar refractivity (Wildman–Crippen MR) is 72.9 cm³/mol. The summed E-state index contributed by atoms with van der Waals surface area (Å²) in [6.45, 7) is 9.60. The van der Waals surface area contributed by atoms with E-state index in [4.69, 9.17) is 4.74 Å². The summed E-state index contributed by atoms with van der Waals surface area (Å²) in [6.07, 6.45) is 0. The van der Waals surface area contributed by atoms with Gasteiger partial charge in [-0.3, -0.25) is 0 Å². The highest BCUT2D eigenvalue weighted by atomic mass is 16.5. The van der Waals surface area contributed by atoms with E-state index in [-0.39, 0.29) is 5.54 Å². The van der Waals surface area contributed by atoms with Gasteiger partial charge in [-0.25, -0.2) is 9.78 Å². The van der Waals surface area contributed by atoms with E-state index in [2.05, 4.69) is 4.98 Å². The lowest BCUT2D eigenvalue weighted by Crippen LogP contribution is -2.54. The first kappa shape index (κ1) is 13.8. The van der Waals surface area contributed by atoms with E-state index in [9.17, 15) is 9.90 Å². The van der Waals surface area contributed by atoms with Gasteiger partial charge in [0.15, 0.2) is 0 Å². The fourth-order valence-electron chi connectivity index (χ4n) is 2.53. The van der Waals surface area contributed by atoms with Crippen LogP contribution in [-0.4, -0.2) is 41.4 Å². The Balaban J connectivity index is 2.57. The van der Waals surface area contributed by atoms with E-state index in [0.29, 0.717) is 31.1 Å². The number of aromatic carboxylic acids is 1. The molecule has 1 fully saturated rings. The topological polar surface area (TPSA) is 62.7 Å². The number of carbonyl (C=O) groups is 1. The summed E-state index contributed by atoms with van der Waals surface area (Å²) in [5.41, 5.74) is 1.62. The molecule has 1 aliphatic rings. The number of hydrogen-bond donors (Lipinski definition) is 1. The molecule has 5 nitrogen and oxygen atoms in total. The third kappa shape index (κ3) is 2.56. The smallest absolute Gasteiger partial charge is 0.339 e. The monoisotopic (exact) mass is 264 g/mol. The second kappa shape index (κ2) is 4.81. The molecule has 0 spiro atoms. The van der Waals surface area contributed by atoms with Crippen molar-refractivity contribution in [2.75, 3.05) is 24.7 Å². The van der Waals surface area contributed by atoms with Crippen LogP contribution in [0.2, 0.25) is 0 Å². The Bertz CT molecular complexity index is 512. The van der Waals surface area contributed by atoms with Gasteiger partial charge < -0.3 is 14.7 Å². The molecule has 1 aromatic heterocycles. The van der Waals surface area contributed by atoms with Crippen LogP contribution in [0.15, 0.2) is 6.07 Å². The average Bonchev–Trinajstić information content (AvgIpc) is 2.26. The molecule has 0 aliphatic carbocycles. The van der Waals surface area contributed by atoms with Crippen LogP contribution in [0, 0.1) is 13.8 Å². The number of aryl methyl sites for hydroxylation is 2. The minimum absolute atomic E-state index is 0.254. The molecular formula is C14H20N2O3. The number of aromatic nitrogens is 1. The Kier molecular flexibility index (Phi) is 3.49. The van der Waals surface area contributed by atoms with Crippen LogP contribution in [0.3, 0.4) is 0 Å². The van der Waals surface area contributed by atoms with Crippen LogP contribution < -0.4 is 4.90 Å². The molecule has 0 saturated carbocycles. The first-order valence-corrected chi connectivity index (χ1v) is 6.40. The van der Waals surface area contributed by atoms with Crippen LogP contribution >= 0.6 is 0 Å². The van der Waals surface area contributed by atoms with Crippen molar-refractivity contribution in [1.82, 2.24) is 4.98 Å². The Labute approximate surface area is 113 Å². The van der Waals surface area contributed by atoms with E-state index < -0.39 is 5.97 Å². The highest BCUT2D eigenvalue weighted by Crippen LogP contribution is 2.30. The molecule has 2 heterocycles. The number of rotatable bonds is 2. The van der Waals surface area contributed by atoms with E-state index >= 15 is 0 Å². The molecule has 1 saturated heterocycles. The summed E-state index contributed by atoms with van der Waals surface area (Å²) in [4.78, 5) is 18.0. The number of nitrogens with zero attached hydrogens (tertiary/aromatic N) is 2. The van der Waals surface area contributed by atoms with Crippen molar-refractivity contribution in [2.24, 2.45) is 0 Å². The number of pyridine rings is 1. The number of anilines is 1. The van der Waals surface area contributed by atoms with Crippen molar-refractivity contribution in [3.8, 4) is 0 Å². The fourth-order valence-corrected chi connectivity index (χ4v) is 2.53. The summed E-state index contributed by atoms with van der Waals surface area (Å²) in [6, 6.07) is 1.81. The van der Waals surface area contributed by atoms with Crippen molar-refractivity contribution in [2.45, 2.75) is 33.2 Å². The maximum Gasteiger partial charge on any atom is 0.339 e. The molecule has 0 atom stereocenters. The molecule has 1 N–H and O–H groups in total. The first-order valence-electron chi connectivity index (χ1n) is 6.40. The molecule has 0 unspecified atom stereocenters. The average molecular weight is 264 g/mol. The highest BCUT2D eigenvalue weighted by molar-refractivity contribution is 5.95. The van der Waals surface area contributed by atoms with Crippen molar-refractivity contribution < 1.29 is 14.6 Å². The molecule has 0 bridgehead atoms. The SMILES string of the molecule is Cc1cc(C)c(C(=O)O)c(N2CCOCC2(C)C)n1. The zero-order valence-corrected chi connectivity index (χ0v) is 11.9. The van der Waals surface area contributed by atoms with E-state index in [0.717, 1.165) is 11.3 Å². The second-order valence-corrected chi connectivity index (χ2v) is 5.60. The van der Waals surface area contributed by atoms with Gasteiger partial charge in [0.05, 0.1) is 18.8 Å². The van der Waals surface area contributed by atoms with Gasteiger partial charge in [-0.1, -0.05) is 0 Å². The van der Waals surface area contributed by atoms with Crippen molar-refractivity contribution in [1.29, 1.82) is 0 Å². The van der Waals surface area contributed by atoms with Gasteiger partial charge in [0, 0.05) is 12.2 Å². The van der Waals surface area contributed by atoms with Crippen molar-refractivity contribution in [3.63, 3.8) is 0 Å². The Hall–Kier alpha value is -1.62. The molecule has 0 aromatic carbocycles. The number of hydrogen-bond acceptors (Lipinski definition) is 4. The second-order valence-electron chi connectivity index (χ2n) is 5.60. The standard InChI is InChI=1S/C14H20N2O3/c1-9-7-10(2)15-12(11(9)13(17)18)16-5-6-19-8-14(16,3)4/h7H,5-6,8H2,1-4H3,(H,17,18). The van der Waals surface area contributed by atoms with Crippen molar-refractivity contribution >= 4 is 11.8 Å². The van der Waals surface area contributed by atoms with Gasteiger partial charge in [0.1, 0.15) is 11.4 Å². The third-order valence-corrected chi connectivity index (χ3v) is 3.44. The summed E-state index contributed by atoms with van der Waals surface area (Å²) in [5, 5.41) is 9.44. The largest absolute Gasteiger partial charge is 0.478 e. The molecule has 2 rings (SSSR count). The summed E-state index contributed by atoms with van der Waals surface area (Å²) in [5.74, 6) is -0.374. The lowest BCUT2D eigenvalue weighted by atomic mass is 10.00. The Morgan fingerprint density at radius 1 is 1.47 bits per heavy atom. The van der Waals surface area contributed by atoms with Gasteiger partial charge in [0.25, 0.3) is 0 Å². The molecule has 0 amide bonds. The van der Waals surface area contributed by atoms with E-state index in [1.807, 2.05) is 32.6 Å². The van der Waals surface area contributed by atoms with Crippen LogP contribution in [0.4, 0.5) is 5.82 Å². The molecule has 0 radical (unpaired) electrons. The number of morpholine rings is 1. The van der Waals surface area contributed by atoms with Gasteiger partial charge >= 0.3 is 5.97 Å². The molecule has 1 aliphatic heterocycles. The normalized spacial score (nSPS) is 18.4. The quantitative estimate of drug-likeness (QED) is 0.885. The molecule has 104 valence electrons. The lowest BCUT2D eigenvalue weighted by molar-refractivity contribution is 0.0624. The summed E-state index contributed by atoms with van der Waals surface area (Å²) >= 11 is 0. The van der Waals surface area contributed by atoms with E-state index in [1.54, 1.807) is 6.07 Å². The van der Waals surface area contributed by atoms with Crippen LogP contribution in [-0.2, 0) is 4.74 Å². The van der Waals surface area contributed by atoms with Gasteiger partial charge in [-0.2, -0.15) is 0 Å². The van der Waals surface area contributed by atoms with Gasteiger partial charge in [-0.05, 0) is 39.3 Å². The molecular weight excluding hydrogens is 244 g/mol. The lowest BCUT2D eigenvalue weighted by Gasteiger charge is -2.43. The summed E-state index contributed by atoms with van der Waals surface area (Å²) < 4.78 is 5.48. The maximum absolute atomic E-state index is 11.5. The van der Waals surface area contributed by atoms with Crippen molar-refractivity contribution in [3.05, 3.63) is 22.9 Å². The zero-order chi connectivity index (χ0) is 14.2. The minimum Gasteiger partial charge on any atom is -0.478 e. The first-order chi connectivity index (χ1) is 8.83. The van der Waals surface area contributed by atoms with Crippen LogP contribution in [0.5, 0.6) is 0 Å². The number of carboxylic acids is 1. The fraction of sp³-hybridized carbons (Fsp3) is 0.571. The van der Waals surface area contributed by atoms with E-state index in [1.165, 1.54) is 0 Å².